The number of carbonyl (C=O) groups is 1. The first-order valence-electron chi connectivity index (χ1n) is 7.01. The fraction of sp³-hybridized carbons (Fsp3) is 0.176. The second-order valence-electron chi connectivity index (χ2n) is 5.25. The van der Waals surface area contributed by atoms with Gasteiger partial charge in [0.2, 0.25) is 0 Å². The Morgan fingerprint density at radius 2 is 2.09 bits per heavy atom. The second kappa shape index (κ2) is 6.29. The molecule has 2 heterocycles. The molecule has 3 aromatic rings. The summed E-state index contributed by atoms with van der Waals surface area (Å²) < 4.78 is 6.52. The number of aryl methyl sites for hydroxylation is 2. The molecule has 0 N–H and O–H groups in total. The van der Waals surface area contributed by atoms with E-state index in [1.807, 2.05) is 37.4 Å². The van der Waals surface area contributed by atoms with Crippen LogP contribution in [0.25, 0.3) is 11.5 Å². The number of nitrogens with zero attached hydrogens (tertiary/aromatic N) is 2. The molecule has 6 heteroatoms. The number of carbonyl (C=O) groups excluding carboxylic acids is 1. The van der Waals surface area contributed by atoms with E-state index in [-0.39, 0.29) is 5.91 Å². The average Bonchev–Trinajstić information content (AvgIpc) is 3.17. The lowest BCUT2D eigenvalue weighted by atomic mass is 10.2. The molecular formula is C17H15BrN2O2S. The van der Waals surface area contributed by atoms with E-state index in [0.717, 1.165) is 26.4 Å². The fourth-order valence-corrected chi connectivity index (χ4v) is 3.06. The Labute approximate surface area is 146 Å². The lowest BCUT2D eigenvalue weighted by molar-refractivity contribution is 0.0992. The molecule has 0 aliphatic carbocycles. The topological polar surface area (TPSA) is 46.3 Å². The summed E-state index contributed by atoms with van der Waals surface area (Å²) in [5.74, 6) is 0.492. The van der Waals surface area contributed by atoms with Crippen molar-refractivity contribution in [1.82, 2.24) is 4.98 Å². The molecule has 0 saturated carbocycles. The molecule has 0 spiro atoms. The smallest absolute Gasteiger partial charge is 0.261 e. The highest BCUT2D eigenvalue weighted by atomic mass is 79.9. The predicted octanol–water partition coefficient (Wildman–Crippen LogP) is 5.06. The van der Waals surface area contributed by atoms with E-state index in [1.165, 1.54) is 6.26 Å². The molecule has 1 amide bonds. The van der Waals surface area contributed by atoms with E-state index >= 15 is 0 Å². The highest BCUT2D eigenvalue weighted by molar-refractivity contribution is 9.10. The largest absolute Gasteiger partial charge is 0.462 e. The zero-order valence-corrected chi connectivity index (χ0v) is 15.4. The highest BCUT2D eigenvalue weighted by Crippen LogP contribution is 2.26. The van der Waals surface area contributed by atoms with Crippen molar-refractivity contribution >= 4 is 38.9 Å². The van der Waals surface area contributed by atoms with Gasteiger partial charge in [0.05, 0.1) is 10.6 Å². The quantitative estimate of drug-likeness (QED) is 0.627. The summed E-state index contributed by atoms with van der Waals surface area (Å²) in [4.78, 5) is 18.6. The maximum Gasteiger partial charge on any atom is 0.261 e. The number of anilines is 1. The number of hydrogen-bond donors (Lipinski definition) is 0. The normalized spacial score (nSPS) is 10.8. The van der Waals surface area contributed by atoms with E-state index < -0.39 is 0 Å². The van der Waals surface area contributed by atoms with Crippen molar-refractivity contribution in [2.24, 2.45) is 0 Å². The summed E-state index contributed by atoms with van der Waals surface area (Å²) in [5.41, 5.74) is 3.18. The maximum absolute atomic E-state index is 12.6. The molecule has 0 atom stereocenters. The Bertz CT molecular complexity index is 869. The van der Waals surface area contributed by atoms with Gasteiger partial charge in [0, 0.05) is 22.6 Å². The van der Waals surface area contributed by atoms with Gasteiger partial charge in [-0.2, -0.15) is 0 Å². The van der Waals surface area contributed by atoms with Crippen molar-refractivity contribution in [2.75, 3.05) is 11.9 Å². The molecule has 0 saturated heterocycles. The molecule has 118 valence electrons. The summed E-state index contributed by atoms with van der Waals surface area (Å²) in [6, 6.07) is 7.54. The Kier molecular flexibility index (Phi) is 4.37. The molecule has 2 aromatic heterocycles. The van der Waals surface area contributed by atoms with Crippen LogP contribution in [-0.4, -0.2) is 17.9 Å². The first-order chi connectivity index (χ1) is 11.0. The van der Waals surface area contributed by atoms with Crippen LogP contribution < -0.4 is 4.90 Å². The molecule has 1 aromatic carbocycles. The third-order valence-electron chi connectivity index (χ3n) is 3.55. The predicted molar refractivity (Wildman–Crippen MR) is 96.2 cm³/mol. The van der Waals surface area contributed by atoms with Crippen LogP contribution in [0.3, 0.4) is 0 Å². The molecular weight excluding hydrogens is 376 g/mol. The van der Waals surface area contributed by atoms with Gasteiger partial charge >= 0.3 is 0 Å². The standard InChI is InChI=1S/C17H15BrN2O2S/c1-10-6-13(4-5-14(10)18)20(3)17(21)12-7-16(22-8-12)15-9-23-11(2)19-15/h4-9H,1-3H3. The minimum Gasteiger partial charge on any atom is -0.462 e. The van der Waals surface area contributed by atoms with Gasteiger partial charge in [0.15, 0.2) is 5.76 Å². The van der Waals surface area contributed by atoms with Crippen molar-refractivity contribution in [1.29, 1.82) is 0 Å². The lowest BCUT2D eigenvalue weighted by Gasteiger charge is -2.17. The summed E-state index contributed by atoms with van der Waals surface area (Å²) in [6.07, 6.45) is 1.48. The van der Waals surface area contributed by atoms with Gasteiger partial charge in [-0.1, -0.05) is 15.9 Å². The molecule has 0 fully saturated rings. The molecule has 0 bridgehead atoms. The number of thiazole rings is 1. The highest BCUT2D eigenvalue weighted by Gasteiger charge is 2.18. The molecule has 4 nitrogen and oxygen atoms in total. The van der Waals surface area contributed by atoms with E-state index in [4.69, 9.17) is 4.42 Å². The zero-order valence-electron chi connectivity index (χ0n) is 13.0. The third-order valence-corrected chi connectivity index (χ3v) is 5.21. The van der Waals surface area contributed by atoms with Crippen LogP contribution in [0.5, 0.6) is 0 Å². The molecule has 0 aliphatic heterocycles. The number of rotatable bonds is 3. The van der Waals surface area contributed by atoms with E-state index in [2.05, 4.69) is 20.9 Å². The third kappa shape index (κ3) is 3.23. The molecule has 3 rings (SSSR count). The Hall–Kier alpha value is -1.92. The van der Waals surface area contributed by atoms with Gasteiger partial charge in [-0.15, -0.1) is 11.3 Å². The molecule has 0 aliphatic rings. The summed E-state index contributed by atoms with van der Waals surface area (Å²) in [6.45, 7) is 3.93. The maximum atomic E-state index is 12.6. The monoisotopic (exact) mass is 390 g/mol. The van der Waals surface area contributed by atoms with Crippen LogP contribution in [-0.2, 0) is 0 Å². The number of benzene rings is 1. The lowest BCUT2D eigenvalue weighted by Crippen LogP contribution is -2.25. The minimum absolute atomic E-state index is 0.117. The number of aromatic nitrogens is 1. The van der Waals surface area contributed by atoms with Crippen molar-refractivity contribution in [2.45, 2.75) is 13.8 Å². The van der Waals surface area contributed by atoms with Crippen LogP contribution in [0.2, 0.25) is 0 Å². The average molecular weight is 391 g/mol. The Morgan fingerprint density at radius 3 is 2.74 bits per heavy atom. The van der Waals surface area contributed by atoms with Gasteiger partial charge in [-0.05, 0) is 43.7 Å². The van der Waals surface area contributed by atoms with Gasteiger partial charge in [0.25, 0.3) is 5.91 Å². The molecule has 0 unspecified atom stereocenters. The van der Waals surface area contributed by atoms with Gasteiger partial charge in [0.1, 0.15) is 12.0 Å². The summed E-state index contributed by atoms with van der Waals surface area (Å²) >= 11 is 5.02. The number of amides is 1. The second-order valence-corrected chi connectivity index (χ2v) is 7.17. The van der Waals surface area contributed by atoms with Crippen molar-refractivity contribution in [3.05, 3.63) is 56.5 Å². The van der Waals surface area contributed by atoms with Crippen LogP contribution in [0.15, 0.2) is 44.8 Å². The Balaban J connectivity index is 1.85. The summed E-state index contributed by atoms with van der Waals surface area (Å²) in [7, 11) is 1.75. The van der Waals surface area contributed by atoms with Crippen molar-refractivity contribution in [3.8, 4) is 11.5 Å². The van der Waals surface area contributed by atoms with E-state index in [1.54, 1.807) is 29.4 Å². The van der Waals surface area contributed by atoms with Gasteiger partial charge in [-0.25, -0.2) is 4.98 Å². The Morgan fingerprint density at radius 1 is 1.30 bits per heavy atom. The van der Waals surface area contributed by atoms with Crippen molar-refractivity contribution < 1.29 is 9.21 Å². The zero-order chi connectivity index (χ0) is 16.6. The van der Waals surface area contributed by atoms with Crippen LogP contribution >= 0.6 is 27.3 Å². The fourth-order valence-electron chi connectivity index (χ4n) is 2.21. The van der Waals surface area contributed by atoms with Crippen LogP contribution in [0, 0.1) is 13.8 Å². The van der Waals surface area contributed by atoms with Gasteiger partial charge < -0.3 is 9.32 Å². The first kappa shape index (κ1) is 16.0. The molecule has 23 heavy (non-hydrogen) atoms. The van der Waals surface area contributed by atoms with E-state index in [0.29, 0.717) is 11.3 Å². The number of hydrogen-bond acceptors (Lipinski definition) is 4. The summed E-state index contributed by atoms with van der Waals surface area (Å²) in [5, 5.41) is 2.89. The van der Waals surface area contributed by atoms with E-state index in [9.17, 15) is 4.79 Å². The van der Waals surface area contributed by atoms with Gasteiger partial charge in [-0.3, -0.25) is 4.79 Å². The van der Waals surface area contributed by atoms with Crippen molar-refractivity contribution in [3.63, 3.8) is 0 Å². The minimum atomic E-state index is -0.117. The van der Waals surface area contributed by atoms with Crippen LogP contribution in [0.4, 0.5) is 5.69 Å². The SMILES string of the molecule is Cc1nc(-c2cc(C(=O)N(C)c3ccc(Br)c(C)c3)co2)cs1. The number of halogens is 1. The molecule has 0 radical (unpaired) electrons. The first-order valence-corrected chi connectivity index (χ1v) is 8.68. The number of furan rings is 1. The van der Waals surface area contributed by atoms with Crippen LogP contribution in [0.1, 0.15) is 20.9 Å².